The maximum atomic E-state index is 6.07. The lowest BCUT2D eigenvalue weighted by Gasteiger charge is -2.11. The zero-order valence-corrected chi connectivity index (χ0v) is 21.2. The van der Waals surface area contributed by atoms with Gasteiger partial charge in [0.2, 0.25) is 5.88 Å². The van der Waals surface area contributed by atoms with Gasteiger partial charge in [0.1, 0.15) is 5.75 Å². The van der Waals surface area contributed by atoms with E-state index in [0.29, 0.717) is 12.5 Å². The zero-order valence-electron chi connectivity index (χ0n) is 21.2. The van der Waals surface area contributed by atoms with E-state index in [1.54, 1.807) is 0 Å². The molecule has 2 aromatic rings. The minimum absolute atomic E-state index is 0.601. The van der Waals surface area contributed by atoms with Crippen LogP contribution in [0.1, 0.15) is 110 Å². The van der Waals surface area contributed by atoms with Crippen LogP contribution in [0.5, 0.6) is 11.6 Å². The Balaban J connectivity index is 1.66. The average molecular weight is 455 g/mol. The number of ether oxygens (including phenoxy) is 2. The maximum absolute atomic E-state index is 6.07. The molecule has 0 aliphatic carbocycles. The summed E-state index contributed by atoms with van der Waals surface area (Å²) in [5, 5.41) is 8.68. The average Bonchev–Trinajstić information content (AvgIpc) is 2.85. The number of para-hydroxylation sites is 1. The van der Waals surface area contributed by atoms with Gasteiger partial charge in [-0.2, -0.15) is 0 Å². The molecule has 0 N–H and O–H groups in total. The van der Waals surface area contributed by atoms with Gasteiger partial charge in [0.05, 0.1) is 18.9 Å². The van der Waals surface area contributed by atoms with Crippen molar-refractivity contribution < 1.29 is 9.47 Å². The molecule has 0 saturated carbocycles. The van der Waals surface area contributed by atoms with E-state index >= 15 is 0 Å². The third kappa shape index (κ3) is 12.1. The van der Waals surface area contributed by atoms with Gasteiger partial charge < -0.3 is 9.47 Å². The Morgan fingerprint density at radius 2 is 1.09 bits per heavy atom. The summed E-state index contributed by atoms with van der Waals surface area (Å²) in [6.07, 6.45) is 19.4. The summed E-state index contributed by atoms with van der Waals surface area (Å²) >= 11 is 0. The molecule has 1 aromatic heterocycles. The standard InChI is InChI=1S/C29H46N2O2/c1-3-5-7-9-11-12-13-15-19-25-33-29-23-22-27(30-31-29)26-20-16-17-21-28(26)32-24-18-14-10-8-6-4-2/h16-17,20-23H,3-15,18-19,24-25H2,1-2H3. The highest BCUT2D eigenvalue weighted by atomic mass is 16.5. The molecule has 0 fully saturated rings. The molecule has 0 spiro atoms. The molecule has 4 nitrogen and oxygen atoms in total. The van der Waals surface area contributed by atoms with Crippen molar-refractivity contribution >= 4 is 0 Å². The van der Waals surface area contributed by atoms with Crippen LogP contribution in [0.25, 0.3) is 11.3 Å². The largest absolute Gasteiger partial charge is 0.493 e. The highest BCUT2D eigenvalue weighted by molar-refractivity contribution is 5.66. The first-order chi connectivity index (χ1) is 16.3. The van der Waals surface area contributed by atoms with Crippen LogP contribution in [0.3, 0.4) is 0 Å². The number of aromatic nitrogens is 2. The lowest BCUT2D eigenvalue weighted by molar-refractivity contribution is 0.290. The van der Waals surface area contributed by atoms with Gasteiger partial charge in [0.15, 0.2) is 0 Å². The molecule has 2 rings (SSSR count). The fourth-order valence-electron chi connectivity index (χ4n) is 4.00. The van der Waals surface area contributed by atoms with Crippen molar-refractivity contribution in [3.8, 4) is 22.9 Å². The quantitative estimate of drug-likeness (QED) is 0.187. The van der Waals surface area contributed by atoms with Crippen molar-refractivity contribution in [2.45, 2.75) is 110 Å². The van der Waals surface area contributed by atoms with Crippen molar-refractivity contribution in [2.75, 3.05) is 13.2 Å². The van der Waals surface area contributed by atoms with E-state index in [0.717, 1.165) is 36.5 Å². The lowest BCUT2D eigenvalue weighted by Crippen LogP contribution is -2.02. The van der Waals surface area contributed by atoms with Crippen LogP contribution in [-0.2, 0) is 0 Å². The van der Waals surface area contributed by atoms with Crippen molar-refractivity contribution in [1.82, 2.24) is 10.2 Å². The molecule has 1 heterocycles. The first-order valence-electron chi connectivity index (χ1n) is 13.5. The lowest BCUT2D eigenvalue weighted by atomic mass is 10.1. The molecule has 0 unspecified atom stereocenters. The van der Waals surface area contributed by atoms with Gasteiger partial charge in [-0.15, -0.1) is 10.2 Å². The maximum Gasteiger partial charge on any atom is 0.233 e. The molecule has 0 aliphatic rings. The zero-order chi connectivity index (χ0) is 23.4. The van der Waals surface area contributed by atoms with Gasteiger partial charge in [-0.05, 0) is 31.0 Å². The van der Waals surface area contributed by atoms with Crippen molar-refractivity contribution in [2.24, 2.45) is 0 Å². The molecule has 184 valence electrons. The minimum atomic E-state index is 0.601. The Morgan fingerprint density at radius 3 is 1.67 bits per heavy atom. The highest BCUT2D eigenvalue weighted by Crippen LogP contribution is 2.28. The molecule has 0 amide bonds. The topological polar surface area (TPSA) is 44.2 Å². The number of hydrogen-bond acceptors (Lipinski definition) is 4. The first-order valence-corrected chi connectivity index (χ1v) is 13.5. The Bertz CT molecular complexity index is 718. The second-order valence-electron chi connectivity index (χ2n) is 9.05. The summed E-state index contributed by atoms with van der Waals surface area (Å²) in [5.74, 6) is 1.48. The van der Waals surface area contributed by atoms with Gasteiger partial charge in [-0.3, -0.25) is 0 Å². The second kappa shape index (κ2) is 18.3. The van der Waals surface area contributed by atoms with E-state index in [2.05, 4.69) is 24.0 Å². The van der Waals surface area contributed by atoms with Gasteiger partial charge in [0, 0.05) is 11.6 Å². The molecule has 0 saturated heterocycles. The predicted octanol–water partition coefficient (Wildman–Crippen LogP) is 8.79. The SMILES string of the molecule is CCCCCCCCCCCOc1ccc(-c2ccccc2OCCCCCCCC)nn1. The summed E-state index contributed by atoms with van der Waals surface area (Å²) < 4.78 is 11.9. The number of hydrogen-bond donors (Lipinski definition) is 0. The van der Waals surface area contributed by atoms with Crippen LogP contribution in [0.15, 0.2) is 36.4 Å². The number of rotatable bonds is 20. The fourth-order valence-corrected chi connectivity index (χ4v) is 4.00. The molecule has 0 atom stereocenters. The molecule has 4 heteroatoms. The van der Waals surface area contributed by atoms with Gasteiger partial charge >= 0.3 is 0 Å². The Morgan fingerprint density at radius 1 is 0.545 bits per heavy atom. The summed E-state index contributed by atoms with van der Waals surface area (Å²) in [5.41, 5.74) is 1.81. The molecule has 0 bridgehead atoms. The number of unbranched alkanes of at least 4 members (excludes halogenated alkanes) is 13. The molecule has 33 heavy (non-hydrogen) atoms. The molecular formula is C29H46N2O2. The van der Waals surface area contributed by atoms with E-state index in [1.807, 2.05) is 36.4 Å². The van der Waals surface area contributed by atoms with Crippen molar-refractivity contribution in [3.05, 3.63) is 36.4 Å². The van der Waals surface area contributed by atoms with Crippen LogP contribution in [0, 0.1) is 0 Å². The number of benzene rings is 1. The monoisotopic (exact) mass is 454 g/mol. The van der Waals surface area contributed by atoms with Crippen LogP contribution >= 0.6 is 0 Å². The van der Waals surface area contributed by atoms with Gasteiger partial charge in [-0.1, -0.05) is 109 Å². The summed E-state index contributed by atoms with van der Waals surface area (Å²) in [4.78, 5) is 0. The summed E-state index contributed by atoms with van der Waals surface area (Å²) in [7, 11) is 0. The van der Waals surface area contributed by atoms with E-state index in [4.69, 9.17) is 9.47 Å². The van der Waals surface area contributed by atoms with E-state index in [9.17, 15) is 0 Å². The summed E-state index contributed by atoms with van der Waals surface area (Å²) in [6.45, 7) is 5.97. The summed E-state index contributed by atoms with van der Waals surface area (Å²) in [6, 6.07) is 12.0. The van der Waals surface area contributed by atoms with Crippen LogP contribution < -0.4 is 9.47 Å². The van der Waals surface area contributed by atoms with E-state index < -0.39 is 0 Å². The Labute approximate surface area is 202 Å². The second-order valence-corrected chi connectivity index (χ2v) is 9.05. The first kappa shape index (κ1) is 27.1. The highest BCUT2D eigenvalue weighted by Gasteiger charge is 2.08. The van der Waals surface area contributed by atoms with Gasteiger partial charge in [-0.25, -0.2) is 0 Å². The van der Waals surface area contributed by atoms with Crippen molar-refractivity contribution in [3.63, 3.8) is 0 Å². The number of nitrogens with zero attached hydrogens (tertiary/aromatic N) is 2. The van der Waals surface area contributed by atoms with Gasteiger partial charge in [0.25, 0.3) is 0 Å². The van der Waals surface area contributed by atoms with E-state index in [1.165, 1.54) is 83.5 Å². The Hall–Kier alpha value is -2.10. The molecule has 1 aromatic carbocycles. The minimum Gasteiger partial charge on any atom is -0.493 e. The Kier molecular flexibility index (Phi) is 15.1. The van der Waals surface area contributed by atoms with Crippen LogP contribution in [0.4, 0.5) is 0 Å². The smallest absolute Gasteiger partial charge is 0.233 e. The van der Waals surface area contributed by atoms with E-state index in [-0.39, 0.29) is 0 Å². The molecule has 0 radical (unpaired) electrons. The normalized spacial score (nSPS) is 11.0. The third-order valence-electron chi connectivity index (χ3n) is 6.06. The van der Waals surface area contributed by atoms with Crippen molar-refractivity contribution in [1.29, 1.82) is 0 Å². The fraction of sp³-hybridized carbons (Fsp3) is 0.655. The van der Waals surface area contributed by atoms with Crippen LogP contribution in [-0.4, -0.2) is 23.4 Å². The predicted molar refractivity (Wildman–Crippen MR) is 139 cm³/mol. The third-order valence-corrected chi connectivity index (χ3v) is 6.06. The molecular weight excluding hydrogens is 408 g/mol. The van der Waals surface area contributed by atoms with Crippen LogP contribution in [0.2, 0.25) is 0 Å². The molecule has 0 aliphatic heterocycles.